The van der Waals surface area contributed by atoms with Gasteiger partial charge in [0.25, 0.3) is 0 Å². The molecular formula is C17H20N4OS. The van der Waals surface area contributed by atoms with Gasteiger partial charge in [-0.2, -0.15) is 0 Å². The Labute approximate surface area is 140 Å². The number of carbonyl (C=O) groups is 1. The molecule has 3 rings (SSSR count). The summed E-state index contributed by atoms with van der Waals surface area (Å²) in [5, 5.41) is 9.38. The number of aromatic amines is 1. The number of amides is 2. The van der Waals surface area contributed by atoms with Gasteiger partial charge in [-0.1, -0.05) is 0 Å². The molecule has 6 heteroatoms. The van der Waals surface area contributed by atoms with Gasteiger partial charge in [0.05, 0.1) is 0 Å². The molecule has 0 bridgehead atoms. The Morgan fingerprint density at radius 1 is 0.957 bits per heavy atom. The van der Waals surface area contributed by atoms with E-state index < -0.39 is 0 Å². The van der Waals surface area contributed by atoms with Gasteiger partial charge in [-0.15, -0.1) is 12.6 Å². The SMILES string of the molecule is CNC.O=C(Nc1ccc(S)cc1)Nc1ccc2[nH]ccc2c1. The molecule has 0 aliphatic heterocycles. The van der Waals surface area contributed by atoms with E-state index in [0.29, 0.717) is 0 Å². The van der Waals surface area contributed by atoms with Crippen molar-refractivity contribution in [3.8, 4) is 0 Å². The van der Waals surface area contributed by atoms with Gasteiger partial charge in [-0.05, 0) is 62.6 Å². The predicted octanol–water partition coefficient (Wildman–Crippen LogP) is 3.94. The van der Waals surface area contributed by atoms with E-state index in [-0.39, 0.29) is 6.03 Å². The third-order valence-corrected chi connectivity index (χ3v) is 3.23. The Kier molecular flexibility index (Phi) is 6.08. The van der Waals surface area contributed by atoms with Crippen LogP contribution in [0.15, 0.2) is 59.6 Å². The lowest BCUT2D eigenvalue weighted by Crippen LogP contribution is -2.19. The summed E-state index contributed by atoms with van der Waals surface area (Å²) in [4.78, 5) is 15.9. The molecule has 0 saturated carbocycles. The maximum absolute atomic E-state index is 11.9. The van der Waals surface area contributed by atoms with Crippen molar-refractivity contribution in [1.29, 1.82) is 0 Å². The van der Waals surface area contributed by atoms with E-state index >= 15 is 0 Å². The lowest BCUT2D eigenvalue weighted by Gasteiger charge is -2.08. The molecule has 4 N–H and O–H groups in total. The van der Waals surface area contributed by atoms with Crippen LogP contribution in [0.5, 0.6) is 0 Å². The van der Waals surface area contributed by atoms with Crippen molar-refractivity contribution < 1.29 is 4.79 Å². The van der Waals surface area contributed by atoms with Gasteiger partial charge in [0.1, 0.15) is 0 Å². The van der Waals surface area contributed by atoms with Crippen molar-refractivity contribution >= 4 is 40.9 Å². The lowest BCUT2D eigenvalue weighted by molar-refractivity contribution is 0.262. The van der Waals surface area contributed by atoms with Gasteiger partial charge in [0.2, 0.25) is 0 Å². The number of aromatic nitrogens is 1. The van der Waals surface area contributed by atoms with Crippen LogP contribution in [0.4, 0.5) is 16.2 Å². The third kappa shape index (κ3) is 5.05. The minimum atomic E-state index is -0.271. The standard InChI is InChI=1S/C15H13N3OS.C2H7N/c19-15(17-11-1-4-13(20)5-2-11)18-12-3-6-14-10(9-12)7-8-16-14;1-3-2/h1-9,16,20H,(H2,17,18,19);3H,1-2H3. The van der Waals surface area contributed by atoms with Gasteiger partial charge in [-0.3, -0.25) is 0 Å². The van der Waals surface area contributed by atoms with Crippen LogP contribution in [0.25, 0.3) is 10.9 Å². The Morgan fingerprint density at radius 2 is 1.57 bits per heavy atom. The molecule has 2 amide bonds. The maximum atomic E-state index is 11.9. The summed E-state index contributed by atoms with van der Waals surface area (Å²) in [5.74, 6) is 0. The van der Waals surface area contributed by atoms with E-state index in [1.54, 1.807) is 12.1 Å². The van der Waals surface area contributed by atoms with Crippen LogP contribution in [-0.4, -0.2) is 25.1 Å². The third-order valence-electron chi connectivity index (χ3n) is 2.94. The molecule has 120 valence electrons. The van der Waals surface area contributed by atoms with Gasteiger partial charge in [0.15, 0.2) is 0 Å². The van der Waals surface area contributed by atoms with Crippen LogP contribution >= 0.6 is 12.6 Å². The fraction of sp³-hybridized carbons (Fsp3) is 0.118. The highest BCUT2D eigenvalue weighted by atomic mass is 32.1. The molecular weight excluding hydrogens is 308 g/mol. The summed E-state index contributed by atoms with van der Waals surface area (Å²) in [7, 11) is 3.75. The van der Waals surface area contributed by atoms with Gasteiger partial charge >= 0.3 is 6.03 Å². The van der Waals surface area contributed by atoms with Crippen molar-refractivity contribution in [2.24, 2.45) is 0 Å². The first-order valence-electron chi connectivity index (χ1n) is 7.15. The molecule has 0 spiro atoms. The van der Waals surface area contributed by atoms with Crippen molar-refractivity contribution in [2.75, 3.05) is 24.7 Å². The number of H-pyrrole nitrogens is 1. The molecule has 3 aromatic rings. The number of hydrogen-bond donors (Lipinski definition) is 5. The second-order valence-corrected chi connectivity index (χ2v) is 5.42. The normalized spacial score (nSPS) is 9.87. The first-order chi connectivity index (χ1) is 11.1. The maximum Gasteiger partial charge on any atom is 0.323 e. The highest BCUT2D eigenvalue weighted by molar-refractivity contribution is 7.80. The topological polar surface area (TPSA) is 69.0 Å². The molecule has 0 radical (unpaired) electrons. The molecule has 1 aromatic heterocycles. The van der Waals surface area contributed by atoms with Crippen LogP contribution in [-0.2, 0) is 0 Å². The second-order valence-electron chi connectivity index (χ2n) is 4.91. The summed E-state index contributed by atoms with van der Waals surface area (Å²) in [6, 6.07) is 14.7. The van der Waals surface area contributed by atoms with Crippen molar-refractivity contribution in [3.63, 3.8) is 0 Å². The minimum absolute atomic E-state index is 0.271. The van der Waals surface area contributed by atoms with Crippen LogP contribution in [0.2, 0.25) is 0 Å². The highest BCUT2D eigenvalue weighted by Crippen LogP contribution is 2.18. The van der Waals surface area contributed by atoms with E-state index in [1.807, 2.05) is 56.7 Å². The lowest BCUT2D eigenvalue weighted by atomic mass is 10.2. The Hall–Kier alpha value is -2.44. The quantitative estimate of drug-likeness (QED) is 0.463. The first-order valence-corrected chi connectivity index (χ1v) is 7.60. The van der Waals surface area contributed by atoms with Crippen LogP contribution in [0.3, 0.4) is 0 Å². The van der Waals surface area contributed by atoms with E-state index in [0.717, 1.165) is 27.2 Å². The van der Waals surface area contributed by atoms with E-state index in [4.69, 9.17) is 0 Å². The number of anilines is 2. The predicted molar refractivity (Wildman–Crippen MR) is 99.6 cm³/mol. The Balaban J connectivity index is 0.000000595. The number of carbonyl (C=O) groups excluding carboxylic acids is 1. The summed E-state index contributed by atoms with van der Waals surface area (Å²) in [6.45, 7) is 0. The molecule has 23 heavy (non-hydrogen) atoms. The molecule has 1 heterocycles. The van der Waals surface area contributed by atoms with Crippen LogP contribution in [0.1, 0.15) is 0 Å². The van der Waals surface area contributed by atoms with E-state index in [1.165, 1.54) is 0 Å². The Bertz CT molecular complexity index is 768. The van der Waals surface area contributed by atoms with Crippen molar-refractivity contribution in [3.05, 3.63) is 54.7 Å². The number of thiol groups is 1. The first kappa shape index (κ1) is 16.9. The molecule has 0 atom stereocenters. The molecule has 5 nitrogen and oxygen atoms in total. The summed E-state index contributed by atoms with van der Waals surface area (Å²) < 4.78 is 0. The summed E-state index contributed by atoms with van der Waals surface area (Å²) >= 11 is 4.20. The zero-order valence-electron chi connectivity index (χ0n) is 13.1. The highest BCUT2D eigenvalue weighted by Gasteiger charge is 2.03. The van der Waals surface area contributed by atoms with E-state index in [2.05, 4.69) is 33.6 Å². The fourth-order valence-electron chi connectivity index (χ4n) is 1.97. The molecule has 0 aliphatic rings. The molecule has 0 aliphatic carbocycles. The molecule has 2 aromatic carbocycles. The van der Waals surface area contributed by atoms with E-state index in [9.17, 15) is 4.79 Å². The molecule has 0 unspecified atom stereocenters. The van der Waals surface area contributed by atoms with Gasteiger partial charge < -0.3 is 20.9 Å². The summed E-state index contributed by atoms with van der Waals surface area (Å²) in [5.41, 5.74) is 2.52. The Morgan fingerprint density at radius 3 is 2.26 bits per heavy atom. The number of fused-ring (bicyclic) bond motifs is 1. The van der Waals surface area contributed by atoms with Gasteiger partial charge in [-0.25, -0.2) is 4.79 Å². The smallest absolute Gasteiger partial charge is 0.323 e. The zero-order chi connectivity index (χ0) is 16.7. The second kappa shape index (κ2) is 8.26. The van der Waals surface area contributed by atoms with Crippen molar-refractivity contribution in [1.82, 2.24) is 10.3 Å². The molecule has 0 fully saturated rings. The number of benzene rings is 2. The van der Waals surface area contributed by atoms with Crippen LogP contribution < -0.4 is 16.0 Å². The minimum Gasteiger partial charge on any atom is -0.361 e. The van der Waals surface area contributed by atoms with Crippen LogP contribution in [0, 0.1) is 0 Å². The number of rotatable bonds is 2. The largest absolute Gasteiger partial charge is 0.361 e. The fourth-order valence-corrected chi connectivity index (χ4v) is 2.12. The number of nitrogens with one attached hydrogen (secondary N) is 4. The summed E-state index contributed by atoms with van der Waals surface area (Å²) in [6.07, 6.45) is 1.87. The average Bonchev–Trinajstić information content (AvgIpc) is 2.98. The molecule has 0 saturated heterocycles. The van der Waals surface area contributed by atoms with Gasteiger partial charge in [0, 0.05) is 33.4 Å². The number of urea groups is 1. The number of hydrogen-bond acceptors (Lipinski definition) is 3. The monoisotopic (exact) mass is 328 g/mol. The zero-order valence-corrected chi connectivity index (χ0v) is 13.9. The van der Waals surface area contributed by atoms with Crippen molar-refractivity contribution in [2.45, 2.75) is 4.90 Å². The average molecular weight is 328 g/mol.